The van der Waals surface area contributed by atoms with Crippen LogP contribution >= 0.6 is 0 Å². The summed E-state index contributed by atoms with van der Waals surface area (Å²) in [7, 11) is 1.42. The predicted octanol–water partition coefficient (Wildman–Crippen LogP) is 0.140. The molecule has 1 aromatic rings. The van der Waals surface area contributed by atoms with Gasteiger partial charge in [-0.15, -0.1) is 0 Å². The molecular formula is C7H8LiNO3. The van der Waals surface area contributed by atoms with Crippen molar-refractivity contribution < 1.29 is 14.6 Å². The Kier molecular flexibility index (Phi) is 4.41. The van der Waals surface area contributed by atoms with E-state index in [0.717, 1.165) is 0 Å². The van der Waals surface area contributed by atoms with E-state index < -0.39 is 5.97 Å². The van der Waals surface area contributed by atoms with Gasteiger partial charge in [0.25, 0.3) is 0 Å². The van der Waals surface area contributed by atoms with Gasteiger partial charge in [-0.25, -0.2) is 4.79 Å². The Morgan fingerprint density at radius 2 is 2.33 bits per heavy atom. The molecular weight excluding hydrogens is 153 g/mol. The van der Waals surface area contributed by atoms with Gasteiger partial charge >= 0.3 is 24.8 Å². The zero-order valence-corrected chi connectivity index (χ0v) is 5.94. The van der Waals surface area contributed by atoms with Crippen LogP contribution in [0.5, 0.6) is 5.75 Å². The van der Waals surface area contributed by atoms with Gasteiger partial charge in [-0.2, -0.15) is 0 Å². The topological polar surface area (TPSA) is 59.4 Å². The zero-order valence-electron chi connectivity index (χ0n) is 5.94. The standard InChI is InChI=1S/C7H7NO3.Li.H/c1-11-6-2-3-8-4-5(6)7(9)10;;/h2-4H,1H3,(H,9,10);;. The van der Waals surface area contributed by atoms with E-state index in [-0.39, 0.29) is 24.4 Å². The van der Waals surface area contributed by atoms with Gasteiger partial charge in [0, 0.05) is 12.4 Å². The minimum absolute atomic E-state index is 0. The third-order valence-electron chi connectivity index (χ3n) is 1.23. The number of hydrogen-bond acceptors (Lipinski definition) is 3. The quantitative estimate of drug-likeness (QED) is 0.626. The van der Waals surface area contributed by atoms with Crippen molar-refractivity contribution in [3.63, 3.8) is 0 Å². The molecule has 1 heterocycles. The van der Waals surface area contributed by atoms with Gasteiger partial charge in [-0.3, -0.25) is 4.98 Å². The van der Waals surface area contributed by atoms with Gasteiger partial charge in [0.15, 0.2) is 0 Å². The molecule has 0 aliphatic carbocycles. The molecule has 0 aliphatic heterocycles. The molecule has 0 bridgehead atoms. The van der Waals surface area contributed by atoms with Crippen LogP contribution in [0.15, 0.2) is 18.5 Å². The van der Waals surface area contributed by atoms with Gasteiger partial charge < -0.3 is 9.84 Å². The van der Waals surface area contributed by atoms with Crippen LogP contribution in [-0.4, -0.2) is 42.0 Å². The summed E-state index contributed by atoms with van der Waals surface area (Å²) in [5, 5.41) is 8.58. The maximum absolute atomic E-state index is 10.5. The molecule has 4 nitrogen and oxygen atoms in total. The van der Waals surface area contributed by atoms with Crippen molar-refractivity contribution >= 4 is 24.8 Å². The number of aromatic carboxylic acids is 1. The fourth-order valence-electron chi connectivity index (χ4n) is 0.720. The average molecular weight is 161 g/mol. The third kappa shape index (κ3) is 2.26. The van der Waals surface area contributed by atoms with Gasteiger partial charge in [-0.05, 0) is 6.07 Å². The van der Waals surface area contributed by atoms with Crippen LogP contribution in [0.3, 0.4) is 0 Å². The predicted molar refractivity (Wildman–Crippen MR) is 44.9 cm³/mol. The Balaban J connectivity index is 0.00000121. The molecule has 0 saturated heterocycles. The van der Waals surface area contributed by atoms with E-state index in [1.807, 2.05) is 0 Å². The summed E-state index contributed by atoms with van der Waals surface area (Å²) < 4.78 is 4.79. The number of nitrogens with zero attached hydrogens (tertiary/aromatic N) is 1. The Morgan fingerprint density at radius 3 is 2.75 bits per heavy atom. The Labute approximate surface area is 81.7 Å². The van der Waals surface area contributed by atoms with Crippen LogP contribution in [0.1, 0.15) is 10.4 Å². The van der Waals surface area contributed by atoms with Crippen LogP contribution in [-0.2, 0) is 0 Å². The van der Waals surface area contributed by atoms with Crippen molar-refractivity contribution in [2.24, 2.45) is 0 Å². The molecule has 1 N–H and O–H groups in total. The molecule has 60 valence electrons. The van der Waals surface area contributed by atoms with Crippen LogP contribution in [0.2, 0.25) is 0 Å². The first-order valence-corrected chi connectivity index (χ1v) is 2.97. The van der Waals surface area contributed by atoms with Crippen LogP contribution < -0.4 is 4.74 Å². The molecule has 0 amide bonds. The summed E-state index contributed by atoms with van der Waals surface area (Å²) in [6, 6.07) is 1.50. The number of carboxylic acid groups (broad SMARTS) is 1. The van der Waals surface area contributed by atoms with Crippen molar-refractivity contribution in [3.05, 3.63) is 24.0 Å². The van der Waals surface area contributed by atoms with Gasteiger partial charge in [-0.1, -0.05) is 0 Å². The van der Waals surface area contributed by atoms with Gasteiger partial charge in [0.2, 0.25) is 0 Å². The van der Waals surface area contributed by atoms with Crippen molar-refractivity contribution in [2.75, 3.05) is 7.11 Å². The zero-order chi connectivity index (χ0) is 8.27. The van der Waals surface area contributed by atoms with E-state index in [1.54, 1.807) is 0 Å². The molecule has 0 aliphatic rings. The summed E-state index contributed by atoms with van der Waals surface area (Å²) in [4.78, 5) is 14.1. The molecule has 0 unspecified atom stereocenters. The average Bonchev–Trinajstić information content (AvgIpc) is 2.04. The monoisotopic (exact) mass is 161 g/mol. The summed E-state index contributed by atoms with van der Waals surface area (Å²) in [5.74, 6) is -0.706. The molecule has 0 aromatic carbocycles. The molecule has 0 saturated carbocycles. The first-order valence-electron chi connectivity index (χ1n) is 2.97. The number of ether oxygens (including phenoxy) is 1. The molecule has 0 atom stereocenters. The molecule has 1 rings (SSSR count). The van der Waals surface area contributed by atoms with Crippen molar-refractivity contribution in [2.45, 2.75) is 0 Å². The summed E-state index contributed by atoms with van der Waals surface area (Å²) >= 11 is 0. The summed E-state index contributed by atoms with van der Waals surface area (Å²) in [6.45, 7) is 0. The number of pyridine rings is 1. The second kappa shape index (κ2) is 4.81. The fraction of sp³-hybridized carbons (Fsp3) is 0.143. The third-order valence-corrected chi connectivity index (χ3v) is 1.23. The molecule has 12 heavy (non-hydrogen) atoms. The van der Waals surface area contributed by atoms with E-state index in [2.05, 4.69) is 4.98 Å². The normalized spacial score (nSPS) is 8.42. The van der Waals surface area contributed by atoms with E-state index in [0.29, 0.717) is 5.75 Å². The molecule has 0 radical (unpaired) electrons. The summed E-state index contributed by atoms with van der Waals surface area (Å²) in [5.41, 5.74) is 0.0787. The fourth-order valence-corrected chi connectivity index (χ4v) is 0.720. The second-order valence-electron chi connectivity index (χ2n) is 1.88. The number of carbonyl (C=O) groups is 1. The maximum atomic E-state index is 10.5. The van der Waals surface area contributed by atoms with Gasteiger partial charge in [0.05, 0.1) is 7.11 Å². The number of rotatable bonds is 2. The number of aromatic nitrogens is 1. The van der Waals surface area contributed by atoms with Crippen molar-refractivity contribution in [1.29, 1.82) is 0 Å². The summed E-state index contributed by atoms with van der Waals surface area (Å²) in [6.07, 6.45) is 2.73. The van der Waals surface area contributed by atoms with E-state index >= 15 is 0 Å². The molecule has 5 heteroatoms. The van der Waals surface area contributed by atoms with E-state index in [4.69, 9.17) is 9.84 Å². The van der Waals surface area contributed by atoms with E-state index in [9.17, 15) is 4.79 Å². The minimum atomic E-state index is -1.03. The Bertz CT molecular complexity index is 277. The van der Waals surface area contributed by atoms with Gasteiger partial charge in [0.1, 0.15) is 11.3 Å². The number of methoxy groups -OCH3 is 1. The number of carboxylic acids is 1. The first-order chi connectivity index (χ1) is 5.25. The van der Waals surface area contributed by atoms with Crippen molar-refractivity contribution in [3.8, 4) is 5.75 Å². The first kappa shape index (κ1) is 11.0. The Morgan fingerprint density at radius 1 is 1.67 bits per heavy atom. The second-order valence-corrected chi connectivity index (χ2v) is 1.88. The van der Waals surface area contributed by atoms with E-state index in [1.165, 1.54) is 25.6 Å². The molecule has 0 fully saturated rings. The van der Waals surface area contributed by atoms with Crippen molar-refractivity contribution in [1.82, 2.24) is 4.98 Å². The van der Waals surface area contributed by atoms with Crippen LogP contribution in [0.25, 0.3) is 0 Å². The molecule has 1 aromatic heterocycles. The SMILES string of the molecule is COc1ccncc1C(=O)O.[LiH]. The number of hydrogen-bond donors (Lipinski definition) is 1. The Hall–Kier alpha value is -0.983. The van der Waals surface area contributed by atoms with Crippen LogP contribution in [0.4, 0.5) is 0 Å². The van der Waals surface area contributed by atoms with Crippen LogP contribution in [0, 0.1) is 0 Å². The molecule has 0 spiro atoms.